The number of hydrogen-bond donors (Lipinski definition) is 1. The third-order valence-electron chi connectivity index (χ3n) is 7.40. The fourth-order valence-corrected chi connectivity index (χ4v) is 6.25. The lowest BCUT2D eigenvalue weighted by atomic mass is 9.95. The molecular formula is C29H38FN3O6S. The number of carbonyl (C=O) groups is 2. The van der Waals surface area contributed by atoms with Crippen molar-refractivity contribution in [3.63, 3.8) is 0 Å². The topological polar surface area (TPSA) is 105 Å². The molecule has 2 aromatic rings. The van der Waals surface area contributed by atoms with Crippen LogP contribution in [-0.4, -0.2) is 56.8 Å². The summed E-state index contributed by atoms with van der Waals surface area (Å²) in [5, 5.41) is 3.13. The summed E-state index contributed by atoms with van der Waals surface area (Å²) in [7, 11) is -3.64. The third-order valence-corrected chi connectivity index (χ3v) is 8.59. The number of nitrogens with zero attached hydrogens (tertiary/aromatic N) is 2. The van der Waals surface area contributed by atoms with Gasteiger partial charge in [-0.05, 0) is 55.5 Å². The molecule has 1 fully saturated rings. The molecule has 0 radical (unpaired) electrons. The van der Waals surface area contributed by atoms with Gasteiger partial charge in [0.1, 0.15) is 11.9 Å². The Morgan fingerprint density at radius 2 is 1.75 bits per heavy atom. The van der Waals surface area contributed by atoms with Crippen molar-refractivity contribution in [1.29, 1.82) is 0 Å². The molecule has 2 aromatic carbocycles. The molecule has 1 aliphatic carbocycles. The Morgan fingerprint density at radius 1 is 1.05 bits per heavy atom. The molecule has 1 N–H and O–H groups in total. The minimum absolute atomic E-state index is 0.0327. The maximum absolute atomic E-state index is 13.6. The number of ether oxygens (including phenoxy) is 2. The summed E-state index contributed by atoms with van der Waals surface area (Å²) in [5.41, 5.74) is 1.12. The molecule has 2 amide bonds. The Kier molecular flexibility index (Phi) is 9.89. The second-order valence-corrected chi connectivity index (χ2v) is 12.3. The van der Waals surface area contributed by atoms with E-state index in [4.69, 9.17) is 9.47 Å². The number of halogens is 1. The summed E-state index contributed by atoms with van der Waals surface area (Å²) in [4.78, 5) is 28.5. The Balaban J connectivity index is 1.47. The van der Waals surface area contributed by atoms with E-state index < -0.39 is 16.1 Å². The Hall–Kier alpha value is -3.34. The Labute approximate surface area is 235 Å². The lowest BCUT2D eigenvalue weighted by molar-refractivity contribution is -0.141. The molecule has 40 heavy (non-hydrogen) atoms. The van der Waals surface area contributed by atoms with E-state index in [0.29, 0.717) is 29.2 Å². The Bertz CT molecular complexity index is 1280. The van der Waals surface area contributed by atoms with E-state index in [1.807, 2.05) is 6.92 Å². The highest BCUT2D eigenvalue weighted by molar-refractivity contribution is 7.92. The highest BCUT2D eigenvalue weighted by Gasteiger charge is 2.30. The first-order chi connectivity index (χ1) is 19.2. The summed E-state index contributed by atoms with van der Waals surface area (Å²) in [6.45, 7) is 2.15. The van der Waals surface area contributed by atoms with Gasteiger partial charge < -0.3 is 19.7 Å². The van der Waals surface area contributed by atoms with Crippen LogP contribution in [0.4, 0.5) is 10.1 Å². The number of sulfonamides is 1. The highest BCUT2D eigenvalue weighted by atomic mass is 32.2. The fourth-order valence-electron chi connectivity index (χ4n) is 5.29. The average molecular weight is 576 g/mol. The molecule has 0 saturated heterocycles. The second kappa shape index (κ2) is 13.3. The van der Waals surface area contributed by atoms with Crippen LogP contribution < -0.4 is 19.1 Å². The first kappa shape index (κ1) is 29.6. The van der Waals surface area contributed by atoms with E-state index in [-0.39, 0.29) is 56.4 Å². The molecular weight excluding hydrogens is 537 g/mol. The zero-order chi connectivity index (χ0) is 28.7. The second-order valence-electron chi connectivity index (χ2n) is 10.4. The first-order valence-electron chi connectivity index (χ1n) is 13.9. The van der Waals surface area contributed by atoms with Gasteiger partial charge in [0, 0.05) is 31.6 Å². The lowest BCUT2D eigenvalue weighted by Gasteiger charge is -2.33. The van der Waals surface area contributed by atoms with Gasteiger partial charge in [0.25, 0.3) is 0 Å². The molecule has 11 heteroatoms. The summed E-state index contributed by atoms with van der Waals surface area (Å²) in [6.07, 6.45) is 6.95. The maximum Gasteiger partial charge on any atom is 0.243 e. The summed E-state index contributed by atoms with van der Waals surface area (Å²) >= 11 is 0. The first-order valence-corrected chi connectivity index (χ1v) is 15.7. The molecule has 9 nitrogen and oxygen atoms in total. The van der Waals surface area contributed by atoms with Gasteiger partial charge in [0.2, 0.25) is 28.6 Å². The van der Waals surface area contributed by atoms with Crippen LogP contribution in [0.25, 0.3) is 0 Å². The van der Waals surface area contributed by atoms with Crippen molar-refractivity contribution < 1.29 is 31.9 Å². The number of amides is 2. The minimum atomic E-state index is -3.64. The molecule has 1 atom stereocenters. The van der Waals surface area contributed by atoms with Crippen molar-refractivity contribution in [2.24, 2.45) is 0 Å². The van der Waals surface area contributed by atoms with E-state index in [0.717, 1.165) is 38.4 Å². The molecule has 1 saturated carbocycles. The lowest BCUT2D eigenvalue weighted by Crippen LogP contribution is -2.51. The third kappa shape index (κ3) is 7.65. The molecule has 218 valence electrons. The average Bonchev–Trinajstić information content (AvgIpc) is 3.40. The quantitative estimate of drug-likeness (QED) is 0.403. The number of nitrogens with one attached hydrogen (secondary N) is 1. The standard InChI is InChI=1S/C29H38FN3O6S/c1-3-25(29(35)31-23-8-5-4-6-9-23)32(19-21-11-13-22(30)14-12-21)28(34)10-7-17-33(40(2,36)37)24-15-16-26-27(18-24)39-20-38-26/h11-16,18,23,25H,3-10,17,19-20H2,1-2H3,(H,31,35)/t25-/m1/s1. The molecule has 0 spiro atoms. The van der Waals surface area contributed by atoms with Crippen molar-refractivity contribution in [3.8, 4) is 11.5 Å². The number of benzene rings is 2. The van der Waals surface area contributed by atoms with Crippen molar-refractivity contribution in [2.75, 3.05) is 23.9 Å². The largest absolute Gasteiger partial charge is 0.454 e. The molecule has 2 aliphatic rings. The van der Waals surface area contributed by atoms with Crippen LogP contribution >= 0.6 is 0 Å². The van der Waals surface area contributed by atoms with Gasteiger partial charge in [-0.1, -0.05) is 38.3 Å². The molecule has 0 bridgehead atoms. The van der Waals surface area contributed by atoms with Gasteiger partial charge in [-0.15, -0.1) is 0 Å². The van der Waals surface area contributed by atoms with Crippen LogP contribution in [0.15, 0.2) is 42.5 Å². The predicted molar refractivity (Wildman–Crippen MR) is 150 cm³/mol. The molecule has 1 heterocycles. The van der Waals surface area contributed by atoms with Crippen LogP contribution in [0, 0.1) is 5.82 Å². The number of carbonyl (C=O) groups excluding carboxylic acids is 2. The maximum atomic E-state index is 13.6. The SMILES string of the molecule is CC[C@H](C(=O)NC1CCCCC1)N(Cc1ccc(F)cc1)C(=O)CCCN(c1ccc2c(c1)OCO2)S(C)(=O)=O. The van der Waals surface area contributed by atoms with E-state index in [1.165, 1.54) is 21.3 Å². The molecule has 0 unspecified atom stereocenters. The van der Waals surface area contributed by atoms with Gasteiger partial charge in [-0.25, -0.2) is 12.8 Å². The van der Waals surface area contributed by atoms with Crippen LogP contribution in [0.5, 0.6) is 11.5 Å². The van der Waals surface area contributed by atoms with E-state index in [2.05, 4.69) is 5.32 Å². The van der Waals surface area contributed by atoms with Crippen molar-refractivity contribution in [3.05, 3.63) is 53.8 Å². The Morgan fingerprint density at radius 3 is 2.42 bits per heavy atom. The van der Waals surface area contributed by atoms with Crippen LogP contribution in [0.3, 0.4) is 0 Å². The highest BCUT2D eigenvalue weighted by Crippen LogP contribution is 2.36. The normalized spacial score (nSPS) is 15.9. The van der Waals surface area contributed by atoms with E-state index in [9.17, 15) is 22.4 Å². The monoisotopic (exact) mass is 575 g/mol. The van der Waals surface area contributed by atoms with Crippen molar-refractivity contribution in [2.45, 2.75) is 76.9 Å². The van der Waals surface area contributed by atoms with Gasteiger partial charge in [0.15, 0.2) is 11.5 Å². The molecule has 0 aromatic heterocycles. The van der Waals surface area contributed by atoms with Gasteiger partial charge >= 0.3 is 0 Å². The number of rotatable bonds is 12. The number of hydrogen-bond acceptors (Lipinski definition) is 6. The predicted octanol–water partition coefficient (Wildman–Crippen LogP) is 4.36. The van der Waals surface area contributed by atoms with Crippen LogP contribution in [0.2, 0.25) is 0 Å². The number of fused-ring (bicyclic) bond motifs is 1. The van der Waals surface area contributed by atoms with Gasteiger partial charge in [-0.2, -0.15) is 0 Å². The number of anilines is 1. The zero-order valence-corrected chi connectivity index (χ0v) is 23.9. The van der Waals surface area contributed by atoms with E-state index in [1.54, 1.807) is 30.3 Å². The fraction of sp³-hybridized carbons (Fsp3) is 0.517. The summed E-state index contributed by atoms with van der Waals surface area (Å²) in [6, 6.07) is 10.2. The zero-order valence-electron chi connectivity index (χ0n) is 23.1. The molecule has 4 rings (SSSR count). The van der Waals surface area contributed by atoms with Gasteiger partial charge in [0.05, 0.1) is 11.9 Å². The van der Waals surface area contributed by atoms with E-state index >= 15 is 0 Å². The summed E-state index contributed by atoms with van der Waals surface area (Å²) in [5.74, 6) is 0.161. The van der Waals surface area contributed by atoms with Crippen molar-refractivity contribution >= 4 is 27.5 Å². The van der Waals surface area contributed by atoms with Gasteiger partial charge in [-0.3, -0.25) is 13.9 Å². The smallest absolute Gasteiger partial charge is 0.243 e. The van der Waals surface area contributed by atoms with Crippen LogP contribution in [0.1, 0.15) is 63.9 Å². The minimum Gasteiger partial charge on any atom is -0.454 e. The van der Waals surface area contributed by atoms with Crippen LogP contribution in [-0.2, 0) is 26.2 Å². The molecule has 1 aliphatic heterocycles. The summed E-state index contributed by atoms with van der Waals surface area (Å²) < 4.78 is 50.7. The van der Waals surface area contributed by atoms with Crippen molar-refractivity contribution in [1.82, 2.24) is 10.2 Å².